The van der Waals surface area contributed by atoms with Crippen molar-refractivity contribution in [2.45, 2.75) is 30.5 Å². The zero-order valence-electron chi connectivity index (χ0n) is 8.86. The van der Waals surface area contributed by atoms with Crippen LogP contribution >= 0.6 is 11.6 Å². The fraction of sp³-hybridized carbons (Fsp3) is 0.600. The minimum absolute atomic E-state index is 0.328. The van der Waals surface area contributed by atoms with Crippen LogP contribution in [-0.2, 0) is 10.8 Å². The molecule has 0 amide bonds. The lowest BCUT2D eigenvalue weighted by atomic mass is 10.1. The normalized spacial score (nSPS) is 22.9. The van der Waals surface area contributed by atoms with E-state index in [1.165, 1.54) is 25.2 Å². The van der Waals surface area contributed by atoms with Crippen LogP contribution < -0.4 is 5.32 Å². The zero-order valence-corrected chi connectivity index (χ0v) is 10.4. The summed E-state index contributed by atoms with van der Waals surface area (Å²) < 4.78 is 11.9. The van der Waals surface area contributed by atoms with Gasteiger partial charge in [-0.3, -0.25) is 4.21 Å². The Morgan fingerprint density at radius 2 is 2.19 bits per heavy atom. The molecule has 0 saturated carbocycles. The van der Waals surface area contributed by atoms with Gasteiger partial charge in [-0.15, -0.1) is 0 Å². The molecule has 1 aromatic heterocycles. The molecule has 0 bridgehead atoms. The van der Waals surface area contributed by atoms with Gasteiger partial charge < -0.3 is 5.32 Å². The van der Waals surface area contributed by atoms with E-state index in [4.69, 9.17) is 11.6 Å². The molecular formula is C10H14ClN3OS. The second-order valence-corrected chi connectivity index (χ2v) is 5.67. The summed E-state index contributed by atoms with van der Waals surface area (Å²) in [7, 11) is -1.13. The molecule has 2 atom stereocenters. The van der Waals surface area contributed by atoms with Gasteiger partial charge in [-0.2, -0.15) is 0 Å². The Morgan fingerprint density at radius 1 is 1.44 bits per heavy atom. The Hall–Kier alpha value is -0.520. The first-order valence-corrected chi connectivity index (χ1v) is 7.05. The molecule has 1 saturated heterocycles. The molecule has 0 aliphatic carbocycles. The number of aromatic nitrogens is 2. The van der Waals surface area contributed by atoms with Crippen molar-refractivity contribution in [3.63, 3.8) is 0 Å². The molecule has 1 N–H and O–H groups in total. The lowest BCUT2D eigenvalue weighted by Crippen LogP contribution is -2.38. The molecule has 0 unspecified atom stereocenters. The molecule has 1 aromatic rings. The van der Waals surface area contributed by atoms with Crippen LogP contribution in [0.4, 0.5) is 0 Å². The predicted molar refractivity (Wildman–Crippen MR) is 64.0 cm³/mol. The van der Waals surface area contributed by atoms with Crippen molar-refractivity contribution < 1.29 is 4.21 Å². The van der Waals surface area contributed by atoms with Crippen LogP contribution in [0.25, 0.3) is 0 Å². The summed E-state index contributed by atoms with van der Waals surface area (Å²) in [6.07, 6.45) is 6.46. The first-order valence-electron chi connectivity index (χ1n) is 5.35. The summed E-state index contributed by atoms with van der Waals surface area (Å²) in [5.41, 5.74) is 0. The maximum absolute atomic E-state index is 11.9. The van der Waals surface area contributed by atoms with Crippen LogP contribution in [0.1, 0.15) is 19.3 Å². The Labute approximate surface area is 102 Å². The molecule has 88 valence electrons. The smallest absolute Gasteiger partial charge is 0.218 e. The number of hydrogen-bond donors (Lipinski definition) is 1. The van der Waals surface area contributed by atoms with E-state index in [2.05, 4.69) is 15.3 Å². The first kappa shape index (κ1) is 12.0. The summed E-state index contributed by atoms with van der Waals surface area (Å²) in [6.45, 7) is 1.02. The molecule has 2 heterocycles. The van der Waals surface area contributed by atoms with Crippen LogP contribution in [0, 0.1) is 0 Å². The van der Waals surface area contributed by atoms with Crippen molar-refractivity contribution in [3.8, 4) is 0 Å². The van der Waals surface area contributed by atoms with Gasteiger partial charge in [-0.25, -0.2) is 9.97 Å². The van der Waals surface area contributed by atoms with Crippen LogP contribution in [-0.4, -0.2) is 32.5 Å². The standard InChI is InChI=1S/C10H14ClN3OS/c11-8-5-13-10(14-6-8)16(15)7-9-3-1-2-4-12-9/h5-6,9,12H,1-4,7H2/t9-,16+/m1/s1. The van der Waals surface area contributed by atoms with E-state index in [1.54, 1.807) is 0 Å². The van der Waals surface area contributed by atoms with Gasteiger partial charge in [0.25, 0.3) is 0 Å². The summed E-state index contributed by atoms with van der Waals surface area (Å²) in [6, 6.07) is 0.328. The molecule has 0 radical (unpaired) electrons. The van der Waals surface area contributed by atoms with Crippen molar-refractivity contribution in [2.75, 3.05) is 12.3 Å². The van der Waals surface area contributed by atoms with Gasteiger partial charge in [-0.1, -0.05) is 18.0 Å². The third-order valence-electron chi connectivity index (χ3n) is 2.57. The summed E-state index contributed by atoms with van der Waals surface area (Å²) in [5.74, 6) is 0.585. The van der Waals surface area contributed by atoms with Gasteiger partial charge in [-0.05, 0) is 19.4 Å². The van der Waals surface area contributed by atoms with Crippen molar-refractivity contribution in [2.24, 2.45) is 0 Å². The van der Waals surface area contributed by atoms with Crippen LogP contribution in [0.5, 0.6) is 0 Å². The minimum atomic E-state index is -1.13. The molecule has 0 aromatic carbocycles. The van der Waals surface area contributed by atoms with Gasteiger partial charge in [0.05, 0.1) is 28.2 Å². The molecule has 16 heavy (non-hydrogen) atoms. The average Bonchev–Trinajstić information content (AvgIpc) is 2.31. The molecule has 2 rings (SSSR count). The number of rotatable bonds is 3. The zero-order chi connectivity index (χ0) is 11.4. The topological polar surface area (TPSA) is 54.9 Å². The highest BCUT2D eigenvalue weighted by molar-refractivity contribution is 7.84. The molecule has 0 spiro atoms. The van der Waals surface area contributed by atoms with Gasteiger partial charge in [0.1, 0.15) is 0 Å². The van der Waals surface area contributed by atoms with Crippen molar-refractivity contribution in [3.05, 3.63) is 17.4 Å². The third-order valence-corrected chi connectivity index (χ3v) is 4.08. The van der Waals surface area contributed by atoms with Gasteiger partial charge in [0, 0.05) is 11.8 Å². The van der Waals surface area contributed by atoms with Gasteiger partial charge >= 0.3 is 0 Å². The van der Waals surface area contributed by atoms with Crippen molar-refractivity contribution >= 4 is 22.4 Å². The quantitative estimate of drug-likeness (QED) is 0.834. The predicted octanol–water partition coefficient (Wildman–Crippen LogP) is 1.38. The highest BCUT2D eigenvalue weighted by Crippen LogP contribution is 2.11. The fourth-order valence-corrected chi connectivity index (χ4v) is 2.98. The van der Waals surface area contributed by atoms with E-state index >= 15 is 0 Å². The van der Waals surface area contributed by atoms with Gasteiger partial charge in [0.15, 0.2) is 0 Å². The Bertz CT molecular complexity index is 365. The maximum atomic E-state index is 11.9. The summed E-state index contributed by atoms with van der Waals surface area (Å²) in [5, 5.41) is 4.20. The van der Waals surface area contributed by atoms with Crippen LogP contribution in [0.15, 0.2) is 17.6 Å². The first-order chi connectivity index (χ1) is 7.75. The maximum Gasteiger partial charge on any atom is 0.218 e. The highest BCUT2D eigenvalue weighted by Gasteiger charge is 2.17. The largest absolute Gasteiger partial charge is 0.313 e. The summed E-state index contributed by atoms with van der Waals surface area (Å²) in [4.78, 5) is 7.95. The molecule has 1 fully saturated rings. The monoisotopic (exact) mass is 259 g/mol. The minimum Gasteiger partial charge on any atom is -0.313 e. The highest BCUT2D eigenvalue weighted by atomic mass is 35.5. The Morgan fingerprint density at radius 3 is 2.81 bits per heavy atom. The number of nitrogens with zero attached hydrogens (tertiary/aromatic N) is 2. The van der Waals surface area contributed by atoms with Crippen molar-refractivity contribution in [1.29, 1.82) is 0 Å². The third kappa shape index (κ3) is 3.23. The van der Waals surface area contributed by atoms with Crippen LogP contribution in [0.3, 0.4) is 0 Å². The second kappa shape index (κ2) is 5.70. The van der Waals surface area contributed by atoms with E-state index in [0.29, 0.717) is 22.0 Å². The number of halogens is 1. The van der Waals surface area contributed by atoms with Gasteiger partial charge in [0.2, 0.25) is 5.16 Å². The van der Waals surface area contributed by atoms with E-state index in [0.717, 1.165) is 13.0 Å². The number of piperidine rings is 1. The van der Waals surface area contributed by atoms with E-state index in [-0.39, 0.29) is 0 Å². The van der Waals surface area contributed by atoms with E-state index in [1.807, 2.05) is 0 Å². The Kier molecular flexibility index (Phi) is 4.26. The number of nitrogens with one attached hydrogen (secondary N) is 1. The SMILES string of the molecule is O=[S@@](C[C@H]1CCCCN1)c1ncc(Cl)cn1. The van der Waals surface area contributed by atoms with E-state index < -0.39 is 10.8 Å². The molecular weight excluding hydrogens is 246 g/mol. The lowest BCUT2D eigenvalue weighted by Gasteiger charge is -2.22. The second-order valence-electron chi connectivity index (χ2n) is 3.84. The Balaban J connectivity index is 1.94. The van der Waals surface area contributed by atoms with Crippen molar-refractivity contribution in [1.82, 2.24) is 15.3 Å². The van der Waals surface area contributed by atoms with E-state index in [9.17, 15) is 4.21 Å². The molecule has 1 aliphatic rings. The summed E-state index contributed by atoms with van der Waals surface area (Å²) >= 11 is 5.67. The average molecular weight is 260 g/mol. The lowest BCUT2D eigenvalue weighted by molar-refractivity contribution is 0.427. The van der Waals surface area contributed by atoms with Crippen LogP contribution in [0.2, 0.25) is 5.02 Å². The fourth-order valence-electron chi connectivity index (χ4n) is 1.74. The number of hydrogen-bond acceptors (Lipinski definition) is 4. The molecule has 6 heteroatoms. The molecule has 1 aliphatic heterocycles. The molecule has 4 nitrogen and oxygen atoms in total.